The lowest BCUT2D eigenvalue weighted by Crippen LogP contribution is -1.83. The van der Waals surface area contributed by atoms with Crippen molar-refractivity contribution in [2.75, 3.05) is 0 Å². The summed E-state index contributed by atoms with van der Waals surface area (Å²) in [6.07, 6.45) is 0.612. The Kier molecular flexibility index (Phi) is 2.64. The molecular weight excluding hydrogens is 265 g/mol. The molecule has 3 nitrogen and oxygen atoms in total. The van der Waals surface area contributed by atoms with Gasteiger partial charge in [0.15, 0.2) is 16.6 Å². The molecule has 15 heavy (non-hydrogen) atoms. The summed E-state index contributed by atoms with van der Waals surface area (Å²) >= 11 is 3.06. The highest BCUT2D eigenvalue weighted by atomic mass is 79.9. The predicted molar refractivity (Wildman–Crippen MR) is 55.0 cm³/mol. The number of rotatable bonds is 2. The quantitative estimate of drug-likeness (QED) is 0.787. The van der Waals surface area contributed by atoms with Gasteiger partial charge in [0.25, 0.3) is 0 Å². The maximum absolute atomic E-state index is 12.9. The van der Waals surface area contributed by atoms with Gasteiger partial charge in [0.1, 0.15) is 5.82 Å². The van der Waals surface area contributed by atoms with E-state index >= 15 is 0 Å². The number of hydrogen-bond acceptors (Lipinski definition) is 3. The van der Waals surface area contributed by atoms with Gasteiger partial charge in [-0.1, -0.05) is 17.3 Å². The highest BCUT2D eigenvalue weighted by Crippen LogP contribution is 2.28. The van der Waals surface area contributed by atoms with Crippen LogP contribution in [0, 0.1) is 5.82 Å². The molecule has 1 aromatic carbocycles. The number of nitrogens with zero attached hydrogens (tertiary/aromatic N) is 1. The zero-order valence-electron chi connectivity index (χ0n) is 7.41. The maximum atomic E-state index is 12.9. The van der Waals surface area contributed by atoms with Crippen LogP contribution in [0.3, 0.4) is 0 Å². The summed E-state index contributed by atoms with van der Waals surface area (Å²) in [4.78, 5) is 10.7. The Morgan fingerprint density at radius 3 is 2.93 bits per heavy atom. The van der Waals surface area contributed by atoms with Gasteiger partial charge in [-0.05, 0) is 28.1 Å². The summed E-state index contributed by atoms with van der Waals surface area (Å²) in [5, 5.41) is 3.58. The van der Waals surface area contributed by atoms with E-state index in [-0.39, 0.29) is 11.3 Å². The van der Waals surface area contributed by atoms with E-state index in [1.165, 1.54) is 18.2 Å². The van der Waals surface area contributed by atoms with Crippen LogP contribution in [0.15, 0.2) is 33.4 Å². The summed E-state index contributed by atoms with van der Waals surface area (Å²) < 4.78 is 18.2. The molecular formula is C10H5BrFNO2. The van der Waals surface area contributed by atoms with Gasteiger partial charge in [-0.25, -0.2) is 4.39 Å². The lowest BCUT2D eigenvalue weighted by atomic mass is 10.1. The number of carbonyl (C=O) groups excluding carboxylic acids is 1. The van der Waals surface area contributed by atoms with E-state index < -0.39 is 5.82 Å². The molecule has 0 saturated carbocycles. The Morgan fingerprint density at radius 1 is 1.47 bits per heavy atom. The standard InChI is InChI=1S/C10H5BrFNO2/c11-10-8(5-14)9(15-13-10)6-2-1-3-7(12)4-6/h1-5H. The van der Waals surface area contributed by atoms with Crippen molar-refractivity contribution in [1.29, 1.82) is 0 Å². The minimum Gasteiger partial charge on any atom is -0.354 e. The molecule has 2 rings (SSSR count). The second-order valence-corrected chi connectivity index (χ2v) is 3.60. The zero-order chi connectivity index (χ0) is 10.8. The van der Waals surface area contributed by atoms with Gasteiger partial charge in [-0.3, -0.25) is 4.79 Å². The molecule has 76 valence electrons. The molecule has 1 heterocycles. The van der Waals surface area contributed by atoms with Crippen molar-refractivity contribution in [1.82, 2.24) is 5.16 Å². The highest BCUT2D eigenvalue weighted by Gasteiger charge is 2.15. The van der Waals surface area contributed by atoms with Crippen LogP contribution < -0.4 is 0 Å². The molecule has 0 radical (unpaired) electrons. The second-order valence-electron chi connectivity index (χ2n) is 2.84. The van der Waals surface area contributed by atoms with Gasteiger partial charge in [0, 0.05) is 5.56 Å². The van der Waals surface area contributed by atoms with E-state index in [4.69, 9.17) is 4.52 Å². The molecule has 1 aromatic heterocycles. The van der Waals surface area contributed by atoms with Gasteiger partial charge >= 0.3 is 0 Å². The molecule has 0 N–H and O–H groups in total. The number of aromatic nitrogens is 1. The van der Waals surface area contributed by atoms with Crippen LogP contribution in [0.1, 0.15) is 10.4 Å². The minimum atomic E-state index is -0.392. The Bertz CT molecular complexity index is 510. The third kappa shape index (κ3) is 1.83. The number of aldehydes is 1. The first-order chi connectivity index (χ1) is 7.22. The molecule has 0 amide bonds. The average Bonchev–Trinajstić information content (AvgIpc) is 2.59. The van der Waals surface area contributed by atoms with Crippen LogP contribution in [-0.4, -0.2) is 11.4 Å². The minimum absolute atomic E-state index is 0.261. The van der Waals surface area contributed by atoms with Crippen LogP contribution in [0.2, 0.25) is 0 Å². The predicted octanol–water partition coefficient (Wildman–Crippen LogP) is 3.06. The van der Waals surface area contributed by atoms with Crippen molar-refractivity contribution >= 4 is 22.2 Å². The Labute approximate surface area is 93.0 Å². The summed E-state index contributed by atoms with van der Waals surface area (Å²) in [6.45, 7) is 0. The molecule has 0 saturated heterocycles. The largest absolute Gasteiger partial charge is 0.354 e. The molecule has 0 spiro atoms. The van der Waals surface area contributed by atoms with Gasteiger partial charge in [0.2, 0.25) is 0 Å². The van der Waals surface area contributed by atoms with Crippen LogP contribution in [0.5, 0.6) is 0 Å². The first-order valence-corrected chi connectivity index (χ1v) is 4.88. The smallest absolute Gasteiger partial charge is 0.178 e. The third-order valence-corrected chi connectivity index (χ3v) is 2.46. The first kappa shape index (κ1) is 10.0. The van der Waals surface area contributed by atoms with E-state index in [9.17, 15) is 9.18 Å². The number of halogens is 2. The molecule has 0 atom stereocenters. The van der Waals surface area contributed by atoms with Gasteiger partial charge < -0.3 is 4.52 Å². The zero-order valence-corrected chi connectivity index (χ0v) is 8.99. The second kappa shape index (κ2) is 3.94. The number of carbonyl (C=O) groups is 1. The molecule has 0 aliphatic heterocycles. The van der Waals surface area contributed by atoms with Crippen molar-refractivity contribution < 1.29 is 13.7 Å². The molecule has 0 unspecified atom stereocenters. The lowest BCUT2D eigenvalue weighted by Gasteiger charge is -1.96. The Hall–Kier alpha value is -1.49. The van der Waals surface area contributed by atoms with Crippen LogP contribution in [-0.2, 0) is 0 Å². The fourth-order valence-electron chi connectivity index (χ4n) is 1.22. The number of hydrogen-bond donors (Lipinski definition) is 0. The fourth-order valence-corrected chi connectivity index (χ4v) is 1.56. The normalized spacial score (nSPS) is 10.3. The fraction of sp³-hybridized carbons (Fsp3) is 0. The van der Waals surface area contributed by atoms with E-state index in [1.54, 1.807) is 6.07 Å². The Balaban J connectivity index is 2.58. The van der Waals surface area contributed by atoms with E-state index in [0.29, 0.717) is 16.5 Å². The van der Waals surface area contributed by atoms with E-state index in [1.807, 2.05) is 0 Å². The van der Waals surface area contributed by atoms with Crippen molar-refractivity contribution in [3.63, 3.8) is 0 Å². The van der Waals surface area contributed by atoms with Gasteiger partial charge in [0.05, 0.1) is 5.56 Å². The Morgan fingerprint density at radius 2 is 2.27 bits per heavy atom. The molecule has 0 bridgehead atoms. The van der Waals surface area contributed by atoms with Gasteiger partial charge in [-0.15, -0.1) is 0 Å². The van der Waals surface area contributed by atoms with Crippen molar-refractivity contribution in [2.45, 2.75) is 0 Å². The summed E-state index contributed by atoms with van der Waals surface area (Å²) in [7, 11) is 0. The van der Waals surface area contributed by atoms with Crippen LogP contribution in [0.25, 0.3) is 11.3 Å². The molecule has 2 aromatic rings. The summed E-state index contributed by atoms with van der Waals surface area (Å²) in [5.74, 6) is -0.131. The summed E-state index contributed by atoms with van der Waals surface area (Å²) in [6, 6.07) is 5.77. The first-order valence-electron chi connectivity index (χ1n) is 4.08. The van der Waals surface area contributed by atoms with Crippen LogP contribution in [0.4, 0.5) is 4.39 Å². The van der Waals surface area contributed by atoms with Gasteiger partial charge in [-0.2, -0.15) is 0 Å². The average molecular weight is 270 g/mol. The highest BCUT2D eigenvalue weighted by molar-refractivity contribution is 9.10. The molecule has 0 aliphatic carbocycles. The molecule has 5 heteroatoms. The van der Waals surface area contributed by atoms with Crippen LogP contribution >= 0.6 is 15.9 Å². The topological polar surface area (TPSA) is 43.1 Å². The van der Waals surface area contributed by atoms with Crippen molar-refractivity contribution in [2.24, 2.45) is 0 Å². The lowest BCUT2D eigenvalue weighted by molar-refractivity contribution is 0.112. The van der Waals surface area contributed by atoms with E-state index in [2.05, 4.69) is 21.1 Å². The SMILES string of the molecule is O=Cc1c(Br)noc1-c1cccc(F)c1. The maximum Gasteiger partial charge on any atom is 0.178 e. The van der Waals surface area contributed by atoms with E-state index in [0.717, 1.165) is 0 Å². The molecule has 0 aliphatic rings. The van der Waals surface area contributed by atoms with Crippen molar-refractivity contribution in [3.05, 3.63) is 40.2 Å². The van der Waals surface area contributed by atoms with Crippen molar-refractivity contribution in [3.8, 4) is 11.3 Å². The monoisotopic (exact) mass is 269 g/mol. The molecule has 0 fully saturated rings. The number of benzene rings is 1. The summed E-state index contributed by atoms with van der Waals surface area (Å²) in [5.41, 5.74) is 0.760. The third-order valence-electron chi connectivity index (χ3n) is 1.89.